The van der Waals surface area contributed by atoms with E-state index in [1.807, 2.05) is 45.5 Å². The van der Waals surface area contributed by atoms with Crippen LogP contribution in [0.2, 0.25) is 0 Å². The Kier molecular flexibility index (Phi) is 5.58. The molecule has 1 aliphatic rings. The lowest BCUT2D eigenvalue weighted by atomic mass is 9.95. The fourth-order valence-corrected chi connectivity index (χ4v) is 3.18. The number of carbonyl (C=O) groups is 1. The highest BCUT2D eigenvalue weighted by atomic mass is 32.2. The van der Waals surface area contributed by atoms with Gasteiger partial charge in [0, 0.05) is 66.9 Å². The van der Waals surface area contributed by atoms with E-state index in [9.17, 15) is 4.79 Å². The van der Waals surface area contributed by atoms with E-state index in [0.29, 0.717) is 0 Å². The average Bonchev–Trinajstić information content (AvgIpc) is 2.62. The number of fused-ring (bicyclic) bond motifs is 1. The monoisotopic (exact) mass is 371 g/mol. The first kappa shape index (κ1) is 18.8. The van der Waals surface area contributed by atoms with Crippen LogP contribution in [0, 0.1) is 5.41 Å². The first-order chi connectivity index (χ1) is 12.4. The van der Waals surface area contributed by atoms with Crippen LogP contribution < -0.4 is 5.32 Å². The van der Waals surface area contributed by atoms with Crippen LogP contribution in [0.3, 0.4) is 0 Å². The third-order valence-corrected chi connectivity index (χ3v) is 4.96. The van der Waals surface area contributed by atoms with Crippen LogP contribution in [0.15, 0.2) is 29.8 Å². The smallest absolute Gasteiger partial charge is 0.229 e. The highest BCUT2D eigenvalue weighted by Gasteiger charge is 2.23. The minimum absolute atomic E-state index is 0.00642. The molecule has 0 unspecified atom stereocenters. The van der Waals surface area contributed by atoms with Gasteiger partial charge < -0.3 is 5.32 Å². The molecule has 0 fully saturated rings. The van der Waals surface area contributed by atoms with Gasteiger partial charge >= 0.3 is 0 Å². The fourth-order valence-electron chi connectivity index (χ4n) is 2.82. The van der Waals surface area contributed by atoms with Gasteiger partial charge in [-0.25, -0.2) is 9.97 Å². The number of anilines is 1. The second-order valence-electron chi connectivity index (χ2n) is 7.53. The maximum Gasteiger partial charge on any atom is 0.229 e. The molecule has 0 radical (unpaired) electrons. The van der Waals surface area contributed by atoms with Crippen LogP contribution in [0.1, 0.15) is 37.6 Å². The summed E-state index contributed by atoms with van der Waals surface area (Å²) < 4.78 is 0. The minimum atomic E-state index is -0.434. The van der Waals surface area contributed by atoms with Gasteiger partial charge in [0.2, 0.25) is 5.91 Å². The molecule has 0 bridgehead atoms. The standard InChI is InChI=1S/C19H25N5OS/c1-19(2,3)17(25)22-15-5-7-20-9-13(15)11-24-8-6-16-14(12-24)10-21-18(23-16)26-4/h5,7,9-10H,6,8,11-12H2,1-4H3,(H,20,22,25). The summed E-state index contributed by atoms with van der Waals surface area (Å²) >= 11 is 1.57. The molecule has 0 saturated heterocycles. The predicted octanol–water partition coefficient (Wildman–Crippen LogP) is 3.14. The number of amides is 1. The highest BCUT2D eigenvalue weighted by Crippen LogP contribution is 2.24. The third-order valence-electron chi connectivity index (χ3n) is 4.40. The maximum atomic E-state index is 12.3. The molecular weight excluding hydrogens is 346 g/mol. The van der Waals surface area contributed by atoms with E-state index in [0.717, 1.165) is 48.2 Å². The highest BCUT2D eigenvalue weighted by molar-refractivity contribution is 7.98. The number of rotatable bonds is 4. The topological polar surface area (TPSA) is 71.0 Å². The van der Waals surface area contributed by atoms with Crippen molar-refractivity contribution in [2.45, 2.75) is 45.4 Å². The van der Waals surface area contributed by atoms with Gasteiger partial charge in [0.05, 0.1) is 5.69 Å². The Morgan fingerprint density at radius 3 is 2.88 bits per heavy atom. The zero-order valence-corrected chi connectivity index (χ0v) is 16.6. The number of thioether (sulfide) groups is 1. The number of aromatic nitrogens is 3. The Balaban J connectivity index is 1.73. The Morgan fingerprint density at radius 1 is 1.35 bits per heavy atom. The van der Waals surface area contributed by atoms with Crippen LogP contribution in [0.5, 0.6) is 0 Å². The Morgan fingerprint density at radius 2 is 2.15 bits per heavy atom. The first-order valence-corrected chi connectivity index (χ1v) is 9.95. The van der Waals surface area contributed by atoms with Gasteiger partial charge in [-0.3, -0.25) is 14.7 Å². The average molecular weight is 372 g/mol. The molecule has 0 aliphatic carbocycles. The molecule has 2 aromatic heterocycles. The van der Waals surface area contributed by atoms with Crippen molar-refractivity contribution in [2.75, 3.05) is 18.1 Å². The summed E-state index contributed by atoms with van der Waals surface area (Å²) in [4.78, 5) is 27.9. The van der Waals surface area contributed by atoms with Gasteiger partial charge in [-0.2, -0.15) is 0 Å². The molecule has 7 heteroatoms. The number of carbonyl (C=O) groups excluding carboxylic acids is 1. The molecule has 0 saturated carbocycles. The van der Waals surface area contributed by atoms with Crippen molar-refractivity contribution in [2.24, 2.45) is 5.41 Å². The van der Waals surface area contributed by atoms with Crippen molar-refractivity contribution in [1.29, 1.82) is 0 Å². The molecule has 0 atom stereocenters. The summed E-state index contributed by atoms with van der Waals surface area (Å²) in [6.45, 7) is 8.21. The van der Waals surface area contributed by atoms with E-state index in [1.54, 1.807) is 18.0 Å². The molecule has 3 rings (SSSR count). The molecular formula is C19H25N5OS. The van der Waals surface area contributed by atoms with Crippen LogP contribution >= 0.6 is 11.8 Å². The van der Waals surface area contributed by atoms with E-state index >= 15 is 0 Å². The Labute approximate surface area is 158 Å². The number of nitrogens with zero attached hydrogens (tertiary/aromatic N) is 4. The lowest BCUT2D eigenvalue weighted by Gasteiger charge is -2.28. The lowest BCUT2D eigenvalue weighted by molar-refractivity contribution is -0.123. The number of hydrogen-bond acceptors (Lipinski definition) is 6. The summed E-state index contributed by atoms with van der Waals surface area (Å²) in [5.74, 6) is 0.00642. The summed E-state index contributed by atoms with van der Waals surface area (Å²) in [7, 11) is 0. The summed E-state index contributed by atoms with van der Waals surface area (Å²) in [5, 5.41) is 3.87. The van der Waals surface area contributed by atoms with E-state index in [2.05, 4.69) is 25.2 Å². The van der Waals surface area contributed by atoms with Gasteiger partial charge in [0.15, 0.2) is 5.16 Å². The largest absolute Gasteiger partial charge is 0.325 e. The zero-order chi connectivity index (χ0) is 18.7. The van der Waals surface area contributed by atoms with Crippen molar-refractivity contribution in [1.82, 2.24) is 19.9 Å². The Bertz CT molecular complexity index is 803. The summed E-state index contributed by atoms with van der Waals surface area (Å²) in [6.07, 6.45) is 8.39. The second-order valence-corrected chi connectivity index (χ2v) is 8.30. The van der Waals surface area contributed by atoms with Crippen molar-refractivity contribution >= 4 is 23.4 Å². The van der Waals surface area contributed by atoms with Crippen molar-refractivity contribution in [3.05, 3.63) is 41.5 Å². The fraction of sp³-hybridized carbons (Fsp3) is 0.474. The molecule has 1 amide bonds. The lowest BCUT2D eigenvalue weighted by Crippen LogP contribution is -2.32. The molecule has 2 aromatic rings. The van der Waals surface area contributed by atoms with E-state index in [-0.39, 0.29) is 5.91 Å². The van der Waals surface area contributed by atoms with E-state index in [4.69, 9.17) is 0 Å². The maximum absolute atomic E-state index is 12.3. The molecule has 0 spiro atoms. The van der Waals surface area contributed by atoms with Gasteiger partial charge in [0.1, 0.15) is 0 Å². The zero-order valence-electron chi connectivity index (χ0n) is 15.7. The molecule has 0 aromatic carbocycles. The predicted molar refractivity (Wildman–Crippen MR) is 104 cm³/mol. The third kappa shape index (κ3) is 4.40. The molecule has 26 heavy (non-hydrogen) atoms. The van der Waals surface area contributed by atoms with Crippen LogP contribution in [0.4, 0.5) is 5.69 Å². The number of hydrogen-bond donors (Lipinski definition) is 1. The van der Waals surface area contributed by atoms with Gasteiger partial charge in [-0.15, -0.1) is 0 Å². The van der Waals surface area contributed by atoms with Crippen LogP contribution in [-0.2, 0) is 24.3 Å². The van der Waals surface area contributed by atoms with Crippen LogP contribution in [-0.4, -0.2) is 38.6 Å². The minimum Gasteiger partial charge on any atom is -0.325 e. The molecule has 1 N–H and O–H groups in total. The van der Waals surface area contributed by atoms with Crippen molar-refractivity contribution in [3.63, 3.8) is 0 Å². The molecule has 138 valence electrons. The number of nitrogens with one attached hydrogen (secondary N) is 1. The molecule has 1 aliphatic heterocycles. The van der Waals surface area contributed by atoms with Crippen molar-refractivity contribution in [3.8, 4) is 0 Å². The van der Waals surface area contributed by atoms with E-state index in [1.165, 1.54) is 5.56 Å². The number of pyridine rings is 1. The molecule has 6 nitrogen and oxygen atoms in total. The summed E-state index contributed by atoms with van der Waals surface area (Å²) in [5.41, 5.74) is 3.75. The Hall–Kier alpha value is -1.99. The van der Waals surface area contributed by atoms with Crippen LogP contribution in [0.25, 0.3) is 0 Å². The van der Waals surface area contributed by atoms with E-state index < -0.39 is 5.41 Å². The quantitative estimate of drug-likeness (QED) is 0.658. The normalized spacial score (nSPS) is 14.8. The first-order valence-electron chi connectivity index (χ1n) is 8.72. The van der Waals surface area contributed by atoms with Gasteiger partial charge in [-0.1, -0.05) is 32.5 Å². The summed E-state index contributed by atoms with van der Waals surface area (Å²) in [6, 6.07) is 1.87. The van der Waals surface area contributed by atoms with Crippen molar-refractivity contribution < 1.29 is 4.79 Å². The SMILES string of the molecule is CSc1ncc2c(n1)CCN(Cc1cnccc1NC(=O)C(C)(C)C)C2. The molecule has 3 heterocycles. The van der Waals surface area contributed by atoms with Gasteiger partial charge in [0.25, 0.3) is 0 Å². The second kappa shape index (κ2) is 7.72. The van der Waals surface area contributed by atoms with Gasteiger partial charge in [-0.05, 0) is 12.3 Å².